The van der Waals surface area contributed by atoms with Crippen LogP contribution in [0.5, 0.6) is 0 Å². The highest BCUT2D eigenvalue weighted by Crippen LogP contribution is 2.09. The van der Waals surface area contributed by atoms with Crippen LogP contribution in [0, 0.1) is 12.7 Å². The zero-order valence-electron chi connectivity index (χ0n) is 8.77. The number of hydrogen-bond acceptors (Lipinski definition) is 2. The zero-order chi connectivity index (χ0) is 12.0. The van der Waals surface area contributed by atoms with Gasteiger partial charge >= 0.3 is 0 Å². The molecule has 0 saturated carbocycles. The Balaban J connectivity index is 2.65. The van der Waals surface area contributed by atoms with Gasteiger partial charge in [0.25, 0.3) is 5.91 Å². The van der Waals surface area contributed by atoms with Crippen molar-refractivity contribution < 1.29 is 9.18 Å². The summed E-state index contributed by atoms with van der Waals surface area (Å²) in [5, 5.41) is 5.71. The highest BCUT2D eigenvalue weighted by molar-refractivity contribution is 5.94. The number of halogens is 1. The summed E-state index contributed by atoms with van der Waals surface area (Å²) >= 11 is 0. The summed E-state index contributed by atoms with van der Waals surface area (Å²) in [5.74, 6) is -1.07. The Morgan fingerprint density at radius 1 is 1.62 bits per heavy atom. The van der Waals surface area contributed by atoms with Crippen LogP contribution in [0.25, 0.3) is 10.4 Å². The summed E-state index contributed by atoms with van der Waals surface area (Å²) in [4.78, 5) is 14.0. The number of rotatable bonds is 4. The van der Waals surface area contributed by atoms with Crippen LogP contribution in [0.15, 0.2) is 23.3 Å². The summed E-state index contributed by atoms with van der Waals surface area (Å²) in [6.45, 7) is 2.11. The molecule has 0 unspecified atom stereocenters. The third-order valence-corrected chi connectivity index (χ3v) is 1.93. The second-order valence-electron chi connectivity index (χ2n) is 3.19. The molecule has 84 valence electrons. The van der Waals surface area contributed by atoms with Crippen LogP contribution in [0.3, 0.4) is 0 Å². The molecule has 1 N–H and O–H groups in total. The summed E-state index contributed by atoms with van der Waals surface area (Å²) in [6, 6.07) is 4.31. The minimum Gasteiger partial charge on any atom is -0.352 e. The maximum Gasteiger partial charge on any atom is 0.254 e. The van der Waals surface area contributed by atoms with Gasteiger partial charge in [0.1, 0.15) is 5.82 Å². The quantitative estimate of drug-likeness (QED) is 0.360. The van der Waals surface area contributed by atoms with Crippen molar-refractivity contribution in [3.63, 3.8) is 0 Å². The fourth-order valence-corrected chi connectivity index (χ4v) is 1.17. The lowest BCUT2D eigenvalue weighted by Gasteiger charge is -2.05. The average Bonchev–Trinajstić information content (AvgIpc) is 2.27. The molecule has 0 radical (unpaired) electrons. The van der Waals surface area contributed by atoms with Gasteiger partial charge in [0.15, 0.2) is 0 Å². The van der Waals surface area contributed by atoms with Crippen LogP contribution in [0.4, 0.5) is 4.39 Å². The van der Waals surface area contributed by atoms with Gasteiger partial charge < -0.3 is 5.32 Å². The molecule has 0 fully saturated rings. The number of carbonyl (C=O) groups excluding carboxylic acids is 1. The summed E-state index contributed by atoms with van der Waals surface area (Å²) < 4.78 is 13.3. The predicted molar refractivity (Wildman–Crippen MR) is 57.5 cm³/mol. The number of nitrogens with zero attached hydrogens (tertiary/aromatic N) is 3. The first-order chi connectivity index (χ1) is 7.65. The fourth-order valence-electron chi connectivity index (χ4n) is 1.17. The number of aryl methyl sites for hydroxylation is 1. The highest BCUT2D eigenvalue weighted by atomic mass is 19.1. The predicted octanol–water partition coefficient (Wildman–Crippen LogP) is 2.17. The highest BCUT2D eigenvalue weighted by Gasteiger charge is 2.10. The van der Waals surface area contributed by atoms with Gasteiger partial charge in [-0.3, -0.25) is 4.79 Å². The topological polar surface area (TPSA) is 77.9 Å². The Kier molecular flexibility index (Phi) is 4.29. The van der Waals surface area contributed by atoms with E-state index in [0.29, 0.717) is 0 Å². The summed E-state index contributed by atoms with van der Waals surface area (Å²) in [5.41, 5.74) is 8.82. The molecule has 1 aromatic carbocycles. The van der Waals surface area contributed by atoms with Crippen LogP contribution in [0.1, 0.15) is 15.9 Å². The van der Waals surface area contributed by atoms with Gasteiger partial charge in [-0.25, -0.2) is 4.39 Å². The van der Waals surface area contributed by atoms with Crippen molar-refractivity contribution in [2.24, 2.45) is 5.11 Å². The Bertz CT molecular complexity index is 440. The number of nitrogens with one attached hydrogen (secondary N) is 1. The minimum absolute atomic E-state index is 0.000868. The molecule has 1 amide bonds. The Morgan fingerprint density at radius 2 is 2.38 bits per heavy atom. The van der Waals surface area contributed by atoms with Crippen molar-refractivity contribution in [1.82, 2.24) is 5.32 Å². The summed E-state index contributed by atoms with van der Waals surface area (Å²) in [6.07, 6.45) is 0. The molecule has 0 atom stereocenters. The van der Waals surface area contributed by atoms with Crippen molar-refractivity contribution in [2.75, 3.05) is 13.1 Å². The third-order valence-electron chi connectivity index (χ3n) is 1.93. The molecule has 0 aliphatic carbocycles. The van der Waals surface area contributed by atoms with Gasteiger partial charge in [-0.15, -0.1) is 0 Å². The molecular formula is C10H11FN4O. The second-order valence-corrected chi connectivity index (χ2v) is 3.19. The van der Waals surface area contributed by atoms with E-state index >= 15 is 0 Å². The van der Waals surface area contributed by atoms with Gasteiger partial charge in [-0.1, -0.05) is 16.7 Å². The van der Waals surface area contributed by atoms with Gasteiger partial charge in [-0.05, 0) is 24.6 Å². The molecule has 0 aromatic heterocycles. The first-order valence-corrected chi connectivity index (χ1v) is 4.70. The molecule has 0 aliphatic heterocycles. The molecule has 0 heterocycles. The van der Waals surface area contributed by atoms with Crippen molar-refractivity contribution in [3.8, 4) is 0 Å². The molecule has 0 spiro atoms. The smallest absolute Gasteiger partial charge is 0.254 e. The zero-order valence-corrected chi connectivity index (χ0v) is 8.77. The first kappa shape index (κ1) is 12.0. The van der Waals surface area contributed by atoms with Crippen molar-refractivity contribution >= 4 is 5.91 Å². The Hall–Kier alpha value is -2.07. The maximum atomic E-state index is 13.3. The lowest BCUT2D eigenvalue weighted by molar-refractivity contribution is 0.0950. The van der Waals surface area contributed by atoms with Crippen molar-refractivity contribution in [2.45, 2.75) is 6.92 Å². The van der Waals surface area contributed by atoms with E-state index < -0.39 is 11.7 Å². The van der Waals surface area contributed by atoms with Crippen molar-refractivity contribution in [3.05, 3.63) is 45.6 Å². The number of hydrogen-bond donors (Lipinski definition) is 1. The summed E-state index contributed by atoms with van der Waals surface area (Å²) in [7, 11) is 0. The first-order valence-electron chi connectivity index (χ1n) is 4.70. The molecular weight excluding hydrogens is 211 g/mol. The maximum absolute atomic E-state index is 13.3. The monoisotopic (exact) mass is 222 g/mol. The van der Waals surface area contributed by atoms with E-state index in [4.69, 9.17) is 5.53 Å². The Labute approximate surface area is 91.9 Å². The fraction of sp³-hybridized carbons (Fsp3) is 0.300. The van der Waals surface area contributed by atoms with E-state index in [1.807, 2.05) is 0 Å². The van der Waals surface area contributed by atoms with E-state index in [-0.39, 0.29) is 18.7 Å². The lowest BCUT2D eigenvalue weighted by atomic mass is 10.1. The minimum atomic E-state index is -0.563. The molecule has 1 aromatic rings. The lowest BCUT2D eigenvalue weighted by Crippen LogP contribution is -2.26. The molecule has 1 rings (SSSR count). The van der Waals surface area contributed by atoms with Crippen LogP contribution in [-0.4, -0.2) is 19.0 Å². The number of amides is 1. The van der Waals surface area contributed by atoms with E-state index in [9.17, 15) is 9.18 Å². The Morgan fingerprint density at radius 3 is 3.06 bits per heavy atom. The van der Waals surface area contributed by atoms with E-state index in [0.717, 1.165) is 5.56 Å². The van der Waals surface area contributed by atoms with E-state index in [2.05, 4.69) is 15.3 Å². The molecule has 6 heteroatoms. The van der Waals surface area contributed by atoms with Gasteiger partial charge in [0.2, 0.25) is 0 Å². The number of carbonyl (C=O) groups is 1. The van der Waals surface area contributed by atoms with Gasteiger partial charge in [0, 0.05) is 18.0 Å². The number of azide groups is 1. The molecule has 16 heavy (non-hydrogen) atoms. The van der Waals surface area contributed by atoms with Gasteiger partial charge in [-0.2, -0.15) is 0 Å². The molecule has 0 bridgehead atoms. The van der Waals surface area contributed by atoms with Crippen LogP contribution in [-0.2, 0) is 0 Å². The standard InChI is InChI=1S/C10H11FN4O/c1-7-2-3-9(11)8(6-7)10(16)13-4-5-14-15-12/h2-3,6H,4-5H2,1H3,(H,13,16). The normalized spacial score (nSPS) is 9.38. The van der Waals surface area contributed by atoms with E-state index in [1.54, 1.807) is 13.0 Å². The SMILES string of the molecule is Cc1ccc(F)c(C(=O)NCCN=[N+]=[N-])c1. The molecule has 0 saturated heterocycles. The second kappa shape index (κ2) is 5.72. The molecule has 5 nitrogen and oxygen atoms in total. The van der Waals surface area contributed by atoms with Crippen molar-refractivity contribution in [1.29, 1.82) is 0 Å². The average molecular weight is 222 g/mol. The van der Waals surface area contributed by atoms with Crippen LogP contribution >= 0.6 is 0 Å². The van der Waals surface area contributed by atoms with Gasteiger partial charge in [0.05, 0.1) is 5.56 Å². The number of benzene rings is 1. The van der Waals surface area contributed by atoms with E-state index in [1.165, 1.54) is 12.1 Å². The molecule has 0 aliphatic rings. The van der Waals surface area contributed by atoms with Crippen LogP contribution in [0.2, 0.25) is 0 Å². The third kappa shape index (κ3) is 3.25. The van der Waals surface area contributed by atoms with Crippen LogP contribution < -0.4 is 5.32 Å². The largest absolute Gasteiger partial charge is 0.352 e.